The smallest absolute Gasteiger partial charge is 0.237 e. The molecule has 0 radical (unpaired) electrons. The van der Waals surface area contributed by atoms with Crippen molar-refractivity contribution in [2.24, 2.45) is 0 Å². The van der Waals surface area contributed by atoms with Gasteiger partial charge in [0, 0.05) is 0 Å². The predicted molar refractivity (Wildman–Crippen MR) is 79.8 cm³/mol. The average molecular weight is 276 g/mol. The van der Waals surface area contributed by atoms with Gasteiger partial charge in [0.1, 0.15) is 5.75 Å². The van der Waals surface area contributed by atoms with E-state index in [0.717, 1.165) is 30.7 Å². The summed E-state index contributed by atoms with van der Waals surface area (Å²) in [6, 6.07) is 7.86. The molecule has 2 N–H and O–H groups in total. The summed E-state index contributed by atoms with van der Waals surface area (Å²) in [7, 11) is 0. The molecule has 1 unspecified atom stereocenters. The van der Waals surface area contributed by atoms with Crippen molar-refractivity contribution in [2.75, 3.05) is 6.54 Å². The fourth-order valence-electron chi connectivity index (χ4n) is 2.44. The highest BCUT2D eigenvalue weighted by Gasteiger charge is 2.23. The van der Waals surface area contributed by atoms with Crippen LogP contribution in [0.3, 0.4) is 0 Å². The van der Waals surface area contributed by atoms with E-state index < -0.39 is 0 Å². The fourth-order valence-corrected chi connectivity index (χ4v) is 2.44. The highest BCUT2D eigenvalue weighted by Crippen LogP contribution is 2.20. The molecule has 2 rings (SSSR count). The van der Waals surface area contributed by atoms with Crippen LogP contribution in [0.5, 0.6) is 5.75 Å². The maximum atomic E-state index is 12.1. The zero-order valence-corrected chi connectivity index (χ0v) is 12.5. The van der Waals surface area contributed by atoms with Crippen molar-refractivity contribution >= 4 is 5.91 Å². The van der Waals surface area contributed by atoms with Crippen LogP contribution in [0.1, 0.15) is 45.2 Å². The number of nitrogens with one attached hydrogen (secondary N) is 2. The summed E-state index contributed by atoms with van der Waals surface area (Å²) in [5.74, 6) is 0.933. The highest BCUT2D eigenvalue weighted by atomic mass is 16.5. The minimum atomic E-state index is -0.0347. The lowest BCUT2D eigenvalue weighted by Crippen LogP contribution is -2.41. The topological polar surface area (TPSA) is 50.4 Å². The Hall–Kier alpha value is -1.55. The molecule has 1 heterocycles. The number of hydrogen-bond acceptors (Lipinski definition) is 3. The largest absolute Gasteiger partial charge is 0.491 e. The van der Waals surface area contributed by atoms with E-state index in [9.17, 15) is 4.79 Å². The molecule has 4 nitrogen and oxygen atoms in total. The standard InChI is InChI=1S/C16H24N2O2/c1-11(2)20-14-7-4-6-13(10-14)12(3)18-16(19)15-8-5-9-17-15/h4,6-7,10-12,15,17H,5,8-9H2,1-3H3,(H,18,19)/t12?,15-/m0/s1. The summed E-state index contributed by atoms with van der Waals surface area (Å²) in [5, 5.41) is 6.28. The lowest BCUT2D eigenvalue weighted by molar-refractivity contribution is -0.123. The molecular weight excluding hydrogens is 252 g/mol. The zero-order valence-electron chi connectivity index (χ0n) is 12.5. The molecule has 0 aromatic heterocycles. The maximum absolute atomic E-state index is 12.1. The normalized spacial score (nSPS) is 19.9. The first-order valence-electron chi connectivity index (χ1n) is 7.36. The van der Waals surface area contributed by atoms with Crippen LogP contribution >= 0.6 is 0 Å². The minimum Gasteiger partial charge on any atom is -0.491 e. The van der Waals surface area contributed by atoms with Crippen molar-refractivity contribution in [1.82, 2.24) is 10.6 Å². The van der Waals surface area contributed by atoms with Crippen LogP contribution in [0, 0.1) is 0 Å². The Morgan fingerprint density at radius 1 is 1.40 bits per heavy atom. The third-order valence-electron chi connectivity index (χ3n) is 3.47. The summed E-state index contributed by atoms with van der Waals surface area (Å²) in [5.41, 5.74) is 1.06. The van der Waals surface area contributed by atoms with E-state index in [1.807, 2.05) is 45.0 Å². The van der Waals surface area contributed by atoms with Gasteiger partial charge in [-0.05, 0) is 57.9 Å². The Labute approximate surface area is 120 Å². The molecule has 1 aromatic rings. The zero-order chi connectivity index (χ0) is 14.5. The molecular formula is C16H24N2O2. The highest BCUT2D eigenvalue weighted by molar-refractivity contribution is 5.82. The molecule has 1 aliphatic rings. The number of amides is 1. The molecule has 0 saturated carbocycles. The van der Waals surface area contributed by atoms with E-state index >= 15 is 0 Å². The van der Waals surface area contributed by atoms with Gasteiger partial charge >= 0.3 is 0 Å². The summed E-state index contributed by atoms with van der Waals surface area (Å²) in [6.07, 6.45) is 2.15. The van der Waals surface area contributed by atoms with E-state index in [-0.39, 0.29) is 24.1 Å². The van der Waals surface area contributed by atoms with Gasteiger partial charge in [-0.3, -0.25) is 4.79 Å². The van der Waals surface area contributed by atoms with Gasteiger partial charge in [-0.15, -0.1) is 0 Å². The lowest BCUT2D eigenvalue weighted by atomic mass is 10.1. The molecule has 2 atom stereocenters. The number of carbonyl (C=O) groups excluding carboxylic acids is 1. The maximum Gasteiger partial charge on any atom is 0.237 e. The Balaban J connectivity index is 1.97. The van der Waals surface area contributed by atoms with Crippen molar-refractivity contribution in [1.29, 1.82) is 0 Å². The molecule has 1 amide bonds. The third kappa shape index (κ3) is 3.97. The first kappa shape index (κ1) is 14.9. The van der Waals surface area contributed by atoms with E-state index in [1.165, 1.54) is 0 Å². The van der Waals surface area contributed by atoms with Crippen molar-refractivity contribution in [3.63, 3.8) is 0 Å². The second-order valence-electron chi connectivity index (χ2n) is 5.62. The third-order valence-corrected chi connectivity index (χ3v) is 3.47. The van der Waals surface area contributed by atoms with Gasteiger partial charge in [0.05, 0.1) is 18.2 Å². The lowest BCUT2D eigenvalue weighted by Gasteiger charge is -2.19. The summed E-state index contributed by atoms with van der Waals surface area (Å²) >= 11 is 0. The summed E-state index contributed by atoms with van der Waals surface area (Å²) in [4.78, 5) is 12.1. The van der Waals surface area contributed by atoms with E-state index in [4.69, 9.17) is 4.74 Å². The Morgan fingerprint density at radius 2 is 2.20 bits per heavy atom. The number of benzene rings is 1. The molecule has 1 saturated heterocycles. The second-order valence-corrected chi connectivity index (χ2v) is 5.62. The van der Waals surface area contributed by atoms with Gasteiger partial charge in [-0.25, -0.2) is 0 Å². The Bertz CT molecular complexity index is 454. The molecule has 1 aromatic carbocycles. The number of hydrogen-bond donors (Lipinski definition) is 2. The van der Waals surface area contributed by atoms with E-state index in [1.54, 1.807) is 0 Å². The molecule has 1 fully saturated rings. The molecule has 0 bridgehead atoms. The van der Waals surface area contributed by atoms with Gasteiger partial charge in [-0.1, -0.05) is 12.1 Å². The quantitative estimate of drug-likeness (QED) is 0.868. The SMILES string of the molecule is CC(C)Oc1cccc(C(C)NC(=O)[C@@H]2CCCN2)c1. The first-order valence-corrected chi connectivity index (χ1v) is 7.36. The van der Waals surface area contributed by atoms with Crippen LogP contribution in [-0.4, -0.2) is 24.6 Å². The Morgan fingerprint density at radius 3 is 2.85 bits per heavy atom. The van der Waals surface area contributed by atoms with Gasteiger partial charge in [0.15, 0.2) is 0 Å². The van der Waals surface area contributed by atoms with Crippen LogP contribution < -0.4 is 15.4 Å². The number of ether oxygens (including phenoxy) is 1. The fraction of sp³-hybridized carbons (Fsp3) is 0.562. The number of carbonyl (C=O) groups is 1. The summed E-state index contributed by atoms with van der Waals surface area (Å²) < 4.78 is 5.68. The van der Waals surface area contributed by atoms with Crippen LogP contribution in [-0.2, 0) is 4.79 Å². The molecule has 110 valence electrons. The van der Waals surface area contributed by atoms with Crippen LogP contribution in [0.4, 0.5) is 0 Å². The molecule has 20 heavy (non-hydrogen) atoms. The monoisotopic (exact) mass is 276 g/mol. The van der Waals surface area contributed by atoms with Gasteiger partial charge in [0.25, 0.3) is 0 Å². The first-order chi connectivity index (χ1) is 9.56. The molecule has 4 heteroatoms. The number of rotatable bonds is 5. The van der Waals surface area contributed by atoms with Crippen LogP contribution in [0.15, 0.2) is 24.3 Å². The summed E-state index contributed by atoms with van der Waals surface area (Å²) in [6.45, 7) is 6.94. The van der Waals surface area contributed by atoms with Gasteiger partial charge in [-0.2, -0.15) is 0 Å². The van der Waals surface area contributed by atoms with Crippen molar-refractivity contribution < 1.29 is 9.53 Å². The van der Waals surface area contributed by atoms with Gasteiger partial charge < -0.3 is 15.4 Å². The van der Waals surface area contributed by atoms with E-state index in [2.05, 4.69) is 10.6 Å². The van der Waals surface area contributed by atoms with Crippen LogP contribution in [0.25, 0.3) is 0 Å². The predicted octanol–water partition coefficient (Wildman–Crippen LogP) is 2.40. The van der Waals surface area contributed by atoms with Gasteiger partial charge in [0.2, 0.25) is 5.91 Å². The molecule has 0 spiro atoms. The van der Waals surface area contributed by atoms with Crippen LogP contribution in [0.2, 0.25) is 0 Å². The molecule has 0 aliphatic carbocycles. The minimum absolute atomic E-state index is 0.0133. The van der Waals surface area contributed by atoms with Crippen molar-refractivity contribution in [3.8, 4) is 5.75 Å². The molecule has 1 aliphatic heterocycles. The van der Waals surface area contributed by atoms with E-state index in [0.29, 0.717) is 0 Å². The Kier molecular flexibility index (Phi) is 5.01. The average Bonchev–Trinajstić information content (AvgIpc) is 2.92. The van der Waals surface area contributed by atoms with Crippen molar-refractivity contribution in [3.05, 3.63) is 29.8 Å². The second kappa shape index (κ2) is 6.75. The van der Waals surface area contributed by atoms with Crippen molar-refractivity contribution in [2.45, 2.75) is 51.8 Å².